The third-order valence-corrected chi connectivity index (χ3v) is 8.87. The van der Waals surface area contributed by atoms with Crippen molar-refractivity contribution in [3.63, 3.8) is 0 Å². The number of β-lactam (4-membered cyclic amide) rings is 1. The van der Waals surface area contributed by atoms with Crippen LogP contribution in [0.3, 0.4) is 0 Å². The van der Waals surface area contributed by atoms with Gasteiger partial charge < -0.3 is 25.8 Å². The molecule has 1 saturated heterocycles. The average Bonchev–Trinajstić information content (AvgIpc) is 3.41. The summed E-state index contributed by atoms with van der Waals surface area (Å²) in [6.07, 6.45) is 1.22. The Morgan fingerprint density at radius 2 is 1.67 bits per heavy atom. The Kier molecular flexibility index (Phi) is 9.25. The van der Waals surface area contributed by atoms with Crippen molar-refractivity contribution in [3.05, 3.63) is 94.3 Å². The van der Waals surface area contributed by atoms with Crippen LogP contribution in [0.1, 0.15) is 59.5 Å². The summed E-state index contributed by atoms with van der Waals surface area (Å²) in [6.45, 7) is 5.08. The van der Waals surface area contributed by atoms with Gasteiger partial charge in [0, 0.05) is 5.75 Å². The van der Waals surface area contributed by atoms with Crippen LogP contribution in [0.5, 0.6) is 0 Å². The molecule has 1 fully saturated rings. The van der Waals surface area contributed by atoms with Crippen LogP contribution < -0.4 is 16.4 Å². The van der Waals surface area contributed by atoms with Gasteiger partial charge in [0.1, 0.15) is 33.4 Å². The van der Waals surface area contributed by atoms with E-state index in [-0.39, 0.29) is 21.4 Å². The van der Waals surface area contributed by atoms with Gasteiger partial charge in [0.25, 0.3) is 5.91 Å². The van der Waals surface area contributed by atoms with Crippen LogP contribution in [0, 0.1) is 0 Å². The molecule has 4 N–H and O–H groups in total. The quantitative estimate of drug-likeness (QED) is 0.169. The van der Waals surface area contributed by atoms with Crippen molar-refractivity contribution in [2.75, 3.05) is 11.5 Å². The van der Waals surface area contributed by atoms with Gasteiger partial charge in [-0.05, 0) is 38.0 Å². The van der Waals surface area contributed by atoms with E-state index in [9.17, 15) is 24.0 Å². The molecule has 3 aromatic rings. The summed E-state index contributed by atoms with van der Waals surface area (Å²) >= 11 is 2.17. The number of nitrogen functional groups attached to an aromatic ring is 1. The molecule has 3 atom stereocenters. The molecule has 0 aliphatic carbocycles. The first-order valence-corrected chi connectivity index (χ1v) is 15.8. The zero-order chi connectivity index (χ0) is 32.3. The zero-order valence-electron chi connectivity index (χ0n) is 24.6. The maximum Gasteiger partial charge on any atom is 0.368 e. The second-order valence-electron chi connectivity index (χ2n) is 11.1. The number of rotatable bonds is 10. The molecule has 0 bridgehead atoms. The number of nitrogens with one attached hydrogen (secondary N) is 2. The van der Waals surface area contributed by atoms with Crippen molar-refractivity contribution < 1.29 is 33.4 Å². The van der Waals surface area contributed by atoms with Crippen molar-refractivity contribution in [2.45, 2.75) is 49.9 Å². The highest BCUT2D eigenvalue weighted by molar-refractivity contribution is 8.00. The highest BCUT2D eigenvalue weighted by Crippen LogP contribution is 2.39. The minimum Gasteiger partial charge on any atom is -0.455 e. The van der Waals surface area contributed by atoms with E-state index in [0.717, 1.165) is 22.5 Å². The summed E-state index contributed by atoms with van der Waals surface area (Å²) in [6, 6.07) is 16.2. The Hall–Kier alpha value is -4.69. The minimum absolute atomic E-state index is 0.0262. The van der Waals surface area contributed by atoms with Gasteiger partial charge in [-0.2, -0.15) is 0 Å². The fourth-order valence-corrected chi connectivity index (χ4v) is 6.76. The van der Waals surface area contributed by atoms with Gasteiger partial charge in [-0.1, -0.05) is 72.0 Å². The Bertz CT molecular complexity index is 1600. The third kappa shape index (κ3) is 6.86. The lowest BCUT2D eigenvalue weighted by molar-refractivity contribution is -0.154. The Morgan fingerprint density at radius 3 is 2.24 bits per heavy atom. The first kappa shape index (κ1) is 31.7. The molecule has 45 heavy (non-hydrogen) atoms. The summed E-state index contributed by atoms with van der Waals surface area (Å²) in [4.78, 5) is 69.6. The molecule has 2 aliphatic rings. The number of aromatic nitrogens is 1. The van der Waals surface area contributed by atoms with Gasteiger partial charge in [0.15, 0.2) is 12.1 Å². The number of hydrogen-bond donors (Lipinski definition) is 3. The summed E-state index contributed by atoms with van der Waals surface area (Å²) in [5, 5.41) is 4.35. The minimum atomic E-state index is -1.39. The average molecular weight is 650 g/mol. The Balaban J connectivity index is 1.29. The van der Waals surface area contributed by atoms with Crippen molar-refractivity contribution in [1.29, 1.82) is 0 Å². The van der Waals surface area contributed by atoms with Crippen LogP contribution in [0.4, 0.5) is 5.00 Å². The maximum absolute atomic E-state index is 13.5. The molecule has 2 aliphatic heterocycles. The number of fused-ring (bicyclic) bond motifs is 1. The Morgan fingerprint density at radius 1 is 1.04 bits per heavy atom. The van der Waals surface area contributed by atoms with Gasteiger partial charge in [0.2, 0.25) is 17.3 Å². The van der Waals surface area contributed by atoms with E-state index in [1.165, 1.54) is 16.7 Å². The summed E-state index contributed by atoms with van der Waals surface area (Å²) in [5.74, 6) is -2.31. The van der Waals surface area contributed by atoms with Crippen molar-refractivity contribution in [1.82, 2.24) is 20.5 Å². The number of ether oxygens (including phenoxy) is 2. The number of esters is 2. The number of nitrogens with two attached hydrogens (primary N) is 1. The highest BCUT2D eigenvalue weighted by atomic mass is 32.2. The lowest BCUT2D eigenvalue weighted by Gasteiger charge is -2.48. The Labute approximate surface area is 267 Å². The fourth-order valence-electron chi connectivity index (χ4n) is 4.82. The first-order chi connectivity index (χ1) is 21.5. The number of hydrogen-bond acceptors (Lipinski definition) is 11. The fraction of sp³-hybridized carbons (Fsp3) is 0.290. The maximum atomic E-state index is 13.5. The second kappa shape index (κ2) is 13.1. The SMILES string of the molecule is CC(C)(C)OC(=O)c1nc([C@@H](NC=O)C(=O)N[C@@H]2C(=O)N3C(C(=O)OC(c4ccccc4)c4ccccc4)=CCS[C@H]23)c(N)s1. The normalized spacial score (nSPS) is 18.2. The topological polar surface area (TPSA) is 170 Å². The van der Waals surface area contributed by atoms with E-state index in [1.54, 1.807) is 26.8 Å². The van der Waals surface area contributed by atoms with E-state index in [0.29, 0.717) is 12.2 Å². The zero-order valence-corrected chi connectivity index (χ0v) is 26.2. The van der Waals surface area contributed by atoms with E-state index < -0.39 is 52.9 Å². The largest absolute Gasteiger partial charge is 0.455 e. The molecular weight excluding hydrogens is 619 g/mol. The van der Waals surface area contributed by atoms with Gasteiger partial charge in [-0.15, -0.1) is 11.8 Å². The molecule has 0 unspecified atom stereocenters. The first-order valence-electron chi connectivity index (χ1n) is 13.9. The number of thioether (sulfide) groups is 1. The van der Waals surface area contributed by atoms with E-state index in [4.69, 9.17) is 15.2 Å². The second-order valence-corrected chi connectivity index (χ2v) is 13.3. The standard InChI is InChI=1S/C31H31N5O7S2/c1-31(2,3)43-30(41)26-35-20(24(32)45-26)21(33-16-37)25(38)34-22-27(39)36-19(14-15-44-28(22)36)29(40)42-23(17-10-6-4-7-11-17)18-12-8-5-9-13-18/h4-14,16,21-23,28H,15,32H2,1-3H3,(H,33,37)(H,34,38)/t21-,22-,28-/m1/s1. The molecule has 234 valence electrons. The third-order valence-electron chi connectivity index (χ3n) is 6.81. The molecule has 0 radical (unpaired) electrons. The van der Waals surface area contributed by atoms with Crippen molar-refractivity contribution in [3.8, 4) is 0 Å². The van der Waals surface area contributed by atoms with Gasteiger partial charge in [0.05, 0.1) is 0 Å². The number of carbonyl (C=O) groups is 5. The van der Waals surface area contributed by atoms with E-state index in [1.807, 2.05) is 60.7 Å². The number of anilines is 1. The summed E-state index contributed by atoms with van der Waals surface area (Å²) < 4.78 is 11.3. The van der Waals surface area contributed by atoms with Crippen LogP contribution in [-0.4, -0.2) is 62.8 Å². The van der Waals surface area contributed by atoms with Crippen LogP contribution in [-0.2, 0) is 28.7 Å². The molecule has 3 amide bonds. The van der Waals surface area contributed by atoms with Gasteiger partial charge in [-0.3, -0.25) is 19.3 Å². The predicted octanol–water partition coefficient (Wildman–Crippen LogP) is 3.08. The van der Waals surface area contributed by atoms with Crippen LogP contribution in [0.2, 0.25) is 0 Å². The predicted molar refractivity (Wildman–Crippen MR) is 168 cm³/mol. The molecule has 14 heteroatoms. The lowest BCUT2D eigenvalue weighted by Crippen LogP contribution is -2.70. The van der Waals surface area contributed by atoms with Crippen LogP contribution in [0.25, 0.3) is 0 Å². The summed E-state index contributed by atoms with van der Waals surface area (Å²) in [5.41, 5.74) is 6.85. The van der Waals surface area contributed by atoms with Crippen molar-refractivity contribution in [2.24, 2.45) is 0 Å². The van der Waals surface area contributed by atoms with Gasteiger partial charge >= 0.3 is 11.9 Å². The lowest BCUT2D eigenvalue weighted by atomic mass is 10.0. The number of amides is 3. The molecule has 0 saturated carbocycles. The highest BCUT2D eigenvalue weighted by Gasteiger charge is 2.53. The van der Waals surface area contributed by atoms with Crippen LogP contribution >= 0.6 is 23.1 Å². The number of nitrogens with zero attached hydrogens (tertiary/aromatic N) is 2. The summed E-state index contributed by atoms with van der Waals surface area (Å²) in [7, 11) is 0. The number of thiazole rings is 1. The van der Waals surface area contributed by atoms with E-state index >= 15 is 0 Å². The molecule has 0 spiro atoms. The van der Waals surface area contributed by atoms with Crippen molar-refractivity contribution >= 4 is 58.3 Å². The molecule has 1 aromatic heterocycles. The van der Waals surface area contributed by atoms with E-state index in [2.05, 4.69) is 15.6 Å². The number of benzene rings is 2. The smallest absolute Gasteiger partial charge is 0.368 e. The molecular formula is C31H31N5O7S2. The monoisotopic (exact) mass is 649 g/mol. The molecule has 3 heterocycles. The van der Waals surface area contributed by atoms with Gasteiger partial charge in [-0.25, -0.2) is 14.6 Å². The number of carbonyl (C=O) groups excluding carboxylic acids is 5. The molecule has 2 aromatic carbocycles. The van der Waals surface area contributed by atoms with Crippen LogP contribution in [0.15, 0.2) is 72.4 Å². The molecule has 12 nitrogen and oxygen atoms in total. The molecule has 5 rings (SSSR count).